The van der Waals surface area contributed by atoms with Crippen LogP contribution in [-0.4, -0.2) is 65.8 Å². The van der Waals surface area contributed by atoms with E-state index in [0.717, 1.165) is 40.8 Å². The van der Waals surface area contributed by atoms with Crippen molar-refractivity contribution in [2.45, 2.75) is 71.9 Å². The monoisotopic (exact) mass is 689 g/mol. The van der Waals surface area contributed by atoms with Gasteiger partial charge < -0.3 is 23.8 Å². The summed E-state index contributed by atoms with van der Waals surface area (Å²) < 4.78 is 20.2. The molecule has 0 fully saturated rings. The van der Waals surface area contributed by atoms with Gasteiger partial charge >= 0.3 is 23.9 Å². The first-order chi connectivity index (χ1) is 21.7. The van der Waals surface area contributed by atoms with Gasteiger partial charge in [-0.15, -0.1) is 0 Å². The summed E-state index contributed by atoms with van der Waals surface area (Å²) in [5, 5.41) is 0. The van der Waals surface area contributed by atoms with Gasteiger partial charge in [0.1, 0.15) is 18.8 Å². The number of thioether (sulfide) groups is 3. The van der Waals surface area contributed by atoms with Crippen LogP contribution < -0.4 is 4.90 Å². The van der Waals surface area contributed by atoms with Crippen LogP contribution in [0.25, 0.3) is 5.57 Å². The number of hydrogen-bond donors (Lipinski definition) is 0. The zero-order chi connectivity index (χ0) is 34.1. The van der Waals surface area contributed by atoms with Crippen molar-refractivity contribution in [1.82, 2.24) is 0 Å². The molecule has 0 saturated heterocycles. The Labute approximate surface area is 282 Å². The third kappa shape index (κ3) is 6.01. The molecule has 248 valence electrons. The Morgan fingerprint density at radius 1 is 0.761 bits per heavy atom. The van der Waals surface area contributed by atoms with Gasteiger partial charge in [-0.05, 0) is 60.6 Å². The van der Waals surface area contributed by atoms with Crippen molar-refractivity contribution in [3.05, 3.63) is 54.5 Å². The van der Waals surface area contributed by atoms with Crippen LogP contribution in [0.2, 0.25) is 0 Å². The molecule has 0 radical (unpaired) electrons. The highest BCUT2D eigenvalue weighted by molar-refractivity contribution is 8.26. The molecular formula is C33H39NO9S3. The number of amides is 1. The molecule has 1 aromatic rings. The summed E-state index contributed by atoms with van der Waals surface area (Å²) in [6.45, 7) is 16.0. The number of carbonyl (C=O) groups excluding carboxylic acids is 5. The number of carbonyl (C=O) groups is 5. The van der Waals surface area contributed by atoms with Crippen LogP contribution in [0.5, 0.6) is 0 Å². The summed E-state index contributed by atoms with van der Waals surface area (Å²) >= 11 is 2.94. The minimum Gasteiger partial charge on any atom is -0.463 e. The van der Waals surface area contributed by atoms with Crippen LogP contribution in [0, 0.1) is 12.8 Å². The fraction of sp³-hybridized carbons (Fsp3) is 0.485. The lowest BCUT2D eigenvalue weighted by Gasteiger charge is -2.51. The van der Waals surface area contributed by atoms with Gasteiger partial charge in [0.2, 0.25) is 5.91 Å². The van der Waals surface area contributed by atoms with E-state index in [4.69, 9.17) is 18.9 Å². The quantitative estimate of drug-likeness (QED) is 0.219. The van der Waals surface area contributed by atoms with Crippen molar-refractivity contribution < 1.29 is 42.9 Å². The molecule has 1 aromatic carbocycles. The van der Waals surface area contributed by atoms with Gasteiger partial charge in [0.25, 0.3) is 0 Å². The summed E-state index contributed by atoms with van der Waals surface area (Å²) in [5.41, 5.74) is 1.54. The van der Waals surface area contributed by atoms with E-state index in [0.29, 0.717) is 21.7 Å². The highest BCUT2D eigenvalue weighted by Crippen LogP contribution is 2.71. The Kier molecular flexibility index (Phi) is 10.8. The highest BCUT2D eigenvalue weighted by atomic mass is 32.2. The predicted octanol–water partition coefficient (Wildman–Crippen LogP) is 6.13. The molecule has 13 heteroatoms. The zero-order valence-corrected chi connectivity index (χ0v) is 29.9. The first-order valence-electron chi connectivity index (χ1n) is 15.1. The topological polar surface area (TPSA) is 126 Å². The maximum Gasteiger partial charge on any atom is 0.346 e. The maximum atomic E-state index is 14.1. The second-order valence-electron chi connectivity index (χ2n) is 11.3. The average molecular weight is 690 g/mol. The molecule has 1 amide bonds. The lowest BCUT2D eigenvalue weighted by molar-refractivity contribution is -0.141. The van der Waals surface area contributed by atoms with Crippen molar-refractivity contribution in [3.63, 3.8) is 0 Å². The fourth-order valence-corrected chi connectivity index (χ4v) is 10.5. The number of anilines is 1. The van der Waals surface area contributed by atoms with Crippen molar-refractivity contribution >= 4 is 76.3 Å². The number of hydrogen-bond acceptors (Lipinski definition) is 12. The third-order valence-corrected chi connectivity index (χ3v) is 12.0. The van der Waals surface area contributed by atoms with Crippen molar-refractivity contribution in [1.29, 1.82) is 0 Å². The Bertz CT molecular complexity index is 1560. The van der Waals surface area contributed by atoms with E-state index in [1.807, 2.05) is 52.8 Å². The molecule has 1 spiro atoms. The fourth-order valence-electron chi connectivity index (χ4n) is 5.50. The Morgan fingerprint density at radius 2 is 1.24 bits per heavy atom. The van der Waals surface area contributed by atoms with Crippen LogP contribution in [-0.2, 0) is 42.9 Å². The van der Waals surface area contributed by atoms with E-state index in [1.165, 1.54) is 0 Å². The minimum atomic E-state index is -1.61. The van der Waals surface area contributed by atoms with Crippen LogP contribution >= 0.6 is 35.3 Å². The van der Waals surface area contributed by atoms with Crippen LogP contribution in [0.15, 0.2) is 43.4 Å². The van der Waals surface area contributed by atoms with Gasteiger partial charge in [-0.2, -0.15) is 0 Å². The van der Waals surface area contributed by atoms with E-state index in [-0.39, 0.29) is 58.5 Å². The van der Waals surface area contributed by atoms with Gasteiger partial charge in [-0.1, -0.05) is 60.8 Å². The summed E-state index contributed by atoms with van der Waals surface area (Å²) in [7, 11) is 0. The van der Waals surface area contributed by atoms with Gasteiger partial charge in [-0.3, -0.25) is 4.79 Å². The van der Waals surface area contributed by atoms with Crippen molar-refractivity contribution in [2.75, 3.05) is 31.3 Å². The van der Waals surface area contributed by atoms with Gasteiger partial charge in [0, 0.05) is 22.0 Å². The van der Waals surface area contributed by atoms with Crippen LogP contribution in [0.1, 0.15) is 66.5 Å². The molecule has 4 rings (SSSR count). The number of esters is 4. The number of nitrogens with zero attached hydrogens (tertiary/aromatic N) is 1. The highest BCUT2D eigenvalue weighted by Gasteiger charge is 2.62. The maximum absolute atomic E-state index is 14.1. The molecule has 0 unspecified atom stereocenters. The molecule has 46 heavy (non-hydrogen) atoms. The summed E-state index contributed by atoms with van der Waals surface area (Å²) in [6, 6.07) is 5.67. The molecule has 0 aliphatic carbocycles. The standard InChI is InChI=1S/C33H39NO9S3/c1-10-40-28(36)22-23(29(37)41-11-2)44-26-21(33(22)45-24(30(38)42-12-3)25(46-33)31(39)43-13-4)19-16-18(7)14-15-20(19)34(32(26,8)9)27(35)17(5)6/h14-17H,10-13H2,1-9H3. The zero-order valence-electron chi connectivity index (χ0n) is 27.5. The third-order valence-electron chi connectivity index (χ3n) is 7.37. The SMILES string of the molecule is CCOC(=O)C1=C(C(=O)OCC)SC2(S1)C(C(=O)OCC)=C(C(=O)OCC)SC1=C2c2cc(C)ccc2N(C(=O)C(C)C)C1(C)C. The summed E-state index contributed by atoms with van der Waals surface area (Å²) in [5.74, 6) is -3.60. The van der Waals surface area contributed by atoms with E-state index >= 15 is 0 Å². The Hall–Kier alpha value is -3.16. The Morgan fingerprint density at radius 3 is 1.72 bits per heavy atom. The van der Waals surface area contributed by atoms with E-state index < -0.39 is 33.5 Å². The molecule has 0 saturated carbocycles. The number of fused-ring (bicyclic) bond motifs is 3. The number of rotatable bonds is 9. The van der Waals surface area contributed by atoms with E-state index in [9.17, 15) is 24.0 Å². The molecular weight excluding hydrogens is 651 g/mol. The van der Waals surface area contributed by atoms with Gasteiger partial charge in [-0.25, -0.2) is 19.2 Å². The molecule has 0 atom stereocenters. The molecule has 3 aliphatic heterocycles. The molecule has 0 N–H and O–H groups in total. The first-order valence-corrected chi connectivity index (χ1v) is 17.6. The number of ether oxygens (including phenoxy) is 4. The van der Waals surface area contributed by atoms with E-state index in [1.54, 1.807) is 32.6 Å². The smallest absolute Gasteiger partial charge is 0.346 e. The minimum absolute atomic E-state index is 0.00117. The molecule has 0 aromatic heterocycles. The normalized spacial score (nSPS) is 18.0. The predicted molar refractivity (Wildman–Crippen MR) is 181 cm³/mol. The van der Waals surface area contributed by atoms with E-state index in [2.05, 4.69) is 0 Å². The van der Waals surface area contributed by atoms with Crippen molar-refractivity contribution in [3.8, 4) is 0 Å². The van der Waals surface area contributed by atoms with Crippen molar-refractivity contribution in [2.24, 2.45) is 5.92 Å². The largest absolute Gasteiger partial charge is 0.463 e. The second kappa shape index (κ2) is 13.9. The molecule has 10 nitrogen and oxygen atoms in total. The van der Waals surface area contributed by atoms with Crippen LogP contribution in [0.3, 0.4) is 0 Å². The summed E-state index contributed by atoms with van der Waals surface area (Å²) in [6.07, 6.45) is 0. The molecule has 3 heterocycles. The number of aryl methyl sites for hydroxylation is 1. The van der Waals surface area contributed by atoms with Crippen LogP contribution in [0.4, 0.5) is 5.69 Å². The van der Waals surface area contributed by atoms with Gasteiger partial charge in [0.15, 0.2) is 0 Å². The lowest BCUT2D eigenvalue weighted by Crippen LogP contribution is -2.55. The average Bonchev–Trinajstić information content (AvgIpc) is 3.38. The second-order valence-corrected chi connectivity index (χ2v) is 15.0. The first kappa shape index (κ1) is 35.7. The van der Waals surface area contributed by atoms with Gasteiger partial charge in [0.05, 0.1) is 43.2 Å². The summed E-state index contributed by atoms with van der Waals surface area (Å²) in [4.78, 5) is 70.9. The Balaban J connectivity index is 2.18. The lowest BCUT2D eigenvalue weighted by atomic mass is 9.82. The molecule has 3 aliphatic rings. The molecule has 0 bridgehead atoms. The number of benzene rings is 1.